The van der Waals surface area contributed by atoms with Gasteiger partial charge in [0.2, 0.25) is 5.91 Å². The minimum absolute atomic E-state index is 0.135. The molecule has 4 aromatic rings. The molecule has 0 aliphatic carbocycles. The Morgan fingerprint density at radius 2 is 2.14 bits per heavy atom. The smallest absolute Gasteiger partial charge is 0.419 e. The Morgan fingerprint density at radius 3 is 2.93 bits per heavy atom. The van der Waals surface area contributed by atoms with Gasteiger partial charge in [0, 0.05) is 29.4 Å². The first kappa shape index (κ1) is 18.5. The zero-order valence-electron chi connectivity index (χ0n) is 14.9. The molecule has 3 heterocycles. The van der Waals surface area contributed by atoms with Gasteiger partial charge >= 0.3 is 5.76 Å². The maximum absolute atomic E-state index is 12.2. The molecule has 0 aliphatic rings. The van der Waals surface area contributed by atoms with Crippen LogP contribution >= 0.6 is 22.9 Å². The van der Waals surface area contributed by atoms with Crippen molar-refractivity contribution in [3.05, 3.63) is 62.1 Å². The number of aromatic nitrogens is 2. The number of carbonyl (C=O) groups excluding carboxylic acids is 1. The van der Waals surface area contributed by atoms with Crippen molar-refractivity contribution >= 4 is 39.9 Å². The van der Waals surface area contributed by atoms with E-state index in [9.17, 15) is 9.59 Å². The molecule has 1 aromatic carbocycles. The average Bonchev–Trinajstić information content (AvgIpc) is 3.36. The number of carbonyl (C=O) groups is 1. The van der Waals surface area contributed by atoms with Crippen LogP contribution in [0.5, 0.6) is 0 Å². The Balaban J connectivity index is 1.35. The fraction of sp³-hybridized carbons (Fsp3) is 0.211. The van der Waals surface area contributed by atoms with Gasteiger partial charge < -0.3 is 14.2 Å². The van der Waals surface area contributed by atoms with Crippen molar-refractivity contribution in [2.24, 2.45) is 0 Å². The molecular formula is C19H16ClN3O4S. The lowest BCUT2D eigenvalue weighted by atomic mass is 10.3. The first-order valence-electron chi connectivity index (χ1n) is 8.56. The summed E-state index contributed by atoms with van der Waals surface area (Å²) in [6, 6.07) is 8.59. The number of nitrogens with one attached hydrogen (secondary N) is 1. The van der Waals surface area contributed by atoms with Crippen LogP contribution in [-0.4, -0.2) is 15.5 Å². The summed E-state index contributed by atoms with van der Waals surface area (Å²) >= 11 is 7.45. The van der Waals surface area contributed by atoms with Crippen LogP contribution in [0.4, 0.5) is 0 Å². The normalized spacial score (nSPS) is 11.2. The van der Waals surface area contributed by atoms with E-state index in [0.717, 1.165) is 10.7 Å². The molecule has 9 heteroatoms. The van der Waals surface area contributed by atoms with E-state index in [-0.39, 0.29) is 25.4 Å². The zero-order chi connectivity index (χ0) is 19.7. The maximum atomic E-state index is 12.2. The third-order valence-corrected chi connectivity index (χ3v) is 5.19. The predicted molar refractivity (Wildman–Crippen MR) is 107 cm³/mol. The molecule has 0 bridgehead atoms. The molecule has 0 unspecified atom stereocenters. The lowest BCUT2D eigenvalue weighted by Crippen LogP contribution is -2.25. The summed E-state index contributed by atoms with van der Waals surface area (Å²) in [5.74, 6) is 0.593. The highest BCUT2D eigenvalue weighted by atomic mass is 35.5. The number of amides is 1. The summed E-state index contributed by atoms with van der Waals surface area (Å²) in [6.07, 6.45) is 0.135. The molecule has 144 valence electrons. The first-order chi connectivity index (χ1) is 13.5. The Bertz CT molecular complexity index is 1200. The lowest BCUT2D eigenvalue weighted by Gasteiger charge is -2.04. The minimum atomic E-state index is -0.515. The van der Waals surface area contributed by atoms with Crippen LogP contribution < -0.4 is 11.1 Å². The van der Waals surface area contributed by atoms with E-state index in [1.165, 1.54) is 4.57 Å². The molecule has 4 rings (SSSR count). The number of halogens is 1. The van der Waals surface area contributed by atoms with Crippen molar-refractivity contribution in [2.45, 2.75) is 26.4 Å². The summed E-state index contributed by atoms with van der Waals surface area (Å²) in [4.78, 5) is 28.5. The van der Waals surface area contributed by atoms with Gasteiger partial charge in [0.25, 0.3) is 0 Å². The fourth-order valence-corrected chi connectivity index (χ4v) is 3.59. The number of fused-ring (bicyclic) bond motifs is 1. The van der Waals surface area contributed by atoms with Crippen molar-refractivity contribution in [3.8, 4) is 11.5 Å². The molecular weight excluding hydrogens is 402 g/mol. The number of aryl methyl sites for hydroxylation is 2. The van der Waals surface area contributed by atoms with Crippen LogP contribution in [0.3, 0.4) is 0 Å². The second-order valence-corrected chi connectivity index (χ2v) is 7.67. The number of rotatable bonds is 6. The zero-order valence-corrected chi connectivity index (χ0v) is 16.5. The highest BCUT2D eigenvalue weighted by Gasteiger charge is 2.12. The Kier molecular flexibility index (Phi) is 5.06. The van der Waals surface area contributed by atoms with Gasteiger partial charge in [0.1, 0.15) is 11.5 Å². The SMILES string of the molecule is Cc1nc(-c2ccc(CNC(=O)CCn3c(=O)oc4cc(Cl)ccc43)o2)cs1. The Labute approximate surface area is 168 Å². The molecule has 0 saturated heterocycles. The molecule has 28 heavy (non-hydrogen) atoms. The van der Waals surface area contributed by atoms with Crippen molar-refractivity contribution in [1.29, 1.82) is 0 Å². The van der Waals surface area contributed by atoms with Crippen LogP contribution in [-0.2, 0) is 17.9 Å². The fourth-order valence-electron chi connectivity index (χ4n) is 2.83. The minimum Gasteiger partial charge on any atom is -0.458 e. The van der Waals surface area contributed by atoms with Gasteiger partial charge in [-0.15, -0.1) is 11.3 Å². The highest BCUT2D eigenvalue weighted by molar-refractivity contribution is 7.09. The predicted octanol–water partition coefficient (Wildman–Crippen LogP) is 3.98. The number of hydrogen-bond acceptors (Lipinski definition) is 6. The maximum Gasteiger partial charge on any atom is 0.419 e. The topological polar surface area (TPSA) is 90.3 Å². The number of nitrogens with zero attached hydrogens (tertiary/aromatic N) is 2. The van der Waals surface area contributed by atoms with E-state index >= 15 is 0 Å². The molecule has 0 fully saturated rings. The summed E-state index contributed by atoms with van der Waals surface area (Å²) in [6.45, 7) is 2.40. The van der Waals surface area contributed by atoms with Crippen LogP contribution in [0.2, 0.25) is 5.02 Å². The van der Waals surface area contributed by atoms with E-state index in [1.807, 2.05) is 24.4 Å². The quantitative estimate of drug-likeness (QED) is 0.512. The summed E-state index contributed by atoms with van der Waals surface area (Å²) < 4.78 is 12.3. The molecule has 3 aromatic heterocycles. The Hall–Kier alpha value is -2.84. The molecule has 0 saturated carbocycles. The van der Waals surface area contributed by atoms with Crippen LogP contribution in [0.1, 0.15) is 17.2 Å². The van der Waals surface area contributed by atoms with E-state index in [0.29, 0.717) is 27.6 Å². The van der Waals surface area contributed by atoms with E-state index < -0.39 is 5.76 Å². The van der Waals surface area contributed by atoms with Crippen LogP contribution in [0.25, 0.3) is 22.6 Å². The largest absolute Gasteiger partial charge is 0.458 e. The third kappa shape index (κ3) is 3.88. The van der Waals surface area contributed by atoms with Crippen molar-refractivity contribution in [1.82, 2.24) is 14.9 Å². The summed E-state index contributed by atoms with van der Waals surface area (Å²) in [5, 5.41) is 6.16. The average molecular weight is 418 g/mol. The molecule has 0 radical (unpaired) electrons. The monoisotopic (exact) mass is 417 g/mol. The van der Waals surface area contributed by atoms with Gasteiger partial charge in [-0.3, -0.25) is 9.36 Å². The number of furan rings is 1. The molecule has 1 N–H and O–H groups in total. The lowest BCUT2D eigenvalue weighted by molar-refractivity contribution is -0.121. The Morgan fingerprint density at radius 1 is 1.29 bits per heavy atom. The molecule has 7 nitrogen and oxygen atoms in total. The van der Waals surface area contributed by atoms with Crippen molar-refractivity contribution in [2.75, 3.05) is 0 Å². The van der Waals surface area contributed by atoms with E-state index in [2.05, 4.69) is 10.3 Å². The summed E-state index contributed by atoms with van der Waals surface area (Å²) in [7, 11) is 0. The van der Waals surface area contributed by atoms with Crippen molar-refractivity contribution in [3.63, 3.8) is 0 Å². The molecule has 0 aliphatic heterocycles. The van der Waals surface area contributed by atoms with Crippen LogP contribution in [0.15, 0.2) is 49.3 Å². The standard InChI is InChI=1S/C19H16ClN3O4S/c1-11-22-14(10-28-11)16-5-3-13(26-16)9-21-18(24)6-7-23-15-4-2-12(20)8-17(15)27-19(23)25/h2-5,8,10H,6-7,9H2,1H3,(H,21,24). The van der Waals surface area contributed by atoms with Gasteiger partial charge in [0.05, 0.1) is 17.1 Å². The number of hydrogen-bond donors (Lipinski definition) is 1. The highest BCUT2D eigenvalue weighted by Crippen LogP contribution is 2.23. The number of benzene rings is 1. The summed E-state index contributed by atoms with van der Waals surface area (Å²) in [5.41, 5.74) is 1.79. The second kappa shape index (κ2) is 7.65. The first-order valence-corrected chi connectivity index (χ1v) is 9.82. The van der Waals surface area contributed by atoms with Crippen LogP contribution in [0, 0.1) is 6.92 Å². The number of thiazole rings is 1. The van der Waals surface area contributed by atoms with Gasteiger partial charge in [-0.25, -0.2) is 9.78 Å². The second-order valence-electron chi connectivity index (χ2n) is 6.18. The molecule has 0 spiro atoms. The van der Waals surface area contributed by atoms with Gasteiger partial charge in [-0.2, -0.15) is 0 Å². The van der Waals surface area contributed by atoms with Gasteiger partial charge in [-0.05, 0) is 31.2 Å². The van der Waals surface area contributed by atoms with Gasteiger partial charge in [-0.1, -0.05) is 11.6 Å². The van der Waals surface area contributed by atoms with Crippen molar-refractivity contribution < 1.29 is 13.6 Å². The number of oxazole rings is 1. The van der Waals surface area contributed by atoms with E-state index in [1.54, 1.807) is 29.5 Å². The third-order valence-electron chi connectivity index (χ3n) is 4.19. The molecule has 0 atom stereocenters. The van der Waals surface area contributed by atoms with E-state index in [4.69, 9.17) is 20.4 Å². The molecule has 1 amide bonds. The van der Waals surface area contributed by atoms with Gasteiger partial charge in [0.15, 0.2) is 11.3 Å².